The highest BCUT2D eigenvalue weighted by Gasteiger charge is 2.52. The molecule has 3 N–H and O–H groups in total. The molecule has 0 heterocycles. The number of allylic oxidation sites excluding steroid dienone is 2. The summed E-state index contributed by atoms with van der Waals surface area (Å²) in [5.74, 6) is -2.46. The molecule has 28 heavy (non-hydrogen) atoms. The Morgan fingerprint density at radius 3 is 1.96 bits per heavy atom. The fourth-order valence-corrected chi connectivity index (χ4v) is 3.84. The highest BCUT2D eigenvalue weighted by atomic mass is 16.6. The number of aliphatic hydroxyl groups is 1. The second-order valence-corrected chi connectivity index (χ2v) is 7.24. The van der Waals surface area contributed by atoms with Crippen molar-refractivity contribution in [2.45, 2.75) is 76.4 Å². The van der Waals surface area contributed by atoms with E-state index in [1.54, 1.807) is 6.92 Å². The van der Waals surface area contributed by atoms with Gasteiger partial charge in [0, 0.05) is 20.8 Å². The number of hydrogen-bond donors (Lipinski definition) is 3. The van der Waals surface area contributed by atoms with Crippen LogP contribution in [0.3, 0.4) is 0 Å². The van der Waals surface area contributed by atoms with Crippen LogP contribution in [0.2, 0.25) is 0 Å². The van der Waals surface area contributed by atoms with E-state index < -0.39 is 23.6 Å². The van der Waals surface area contributed by atoms with Gasteiger partial charge in [-0.1, -0.05) is 38.5 Å². The molecule has 0 spiro atoms. The second-order valence-electron chi connectivity index (χ2n) is 7.24. The molecule has 2 atom stereocenters. The summed E-state index contributed by atoms with van der Waals surface area (Å²) < 4.78 is 10.5. The summed E-state index contributed by atoms with van der Waals surface area (Å²) in [6.45, 7) is 1.98. The summed E-state index contributed by atoms with van der Waals surface area (Å²) >= 11 is 0. The minimum Gasteiger partial charge on any atom is -0.479 e. The molecule has 1 aliphatic carbocycles. The van der Waals surface area contributed by atoms with Crippen molar-refractivity contribution >= 4 is 11.9 Å². The third-order valence-corrected chi connectivity index (χ3v) is 5.36. The second kappa shape index (κ2) is 12.0. The molecule has 0 fully saturated rings. The first-order chi connectivity index (χ1) is 13.4. The minimum atomic E-state index is -1.84. The maximum Gasteiger partial charge on any atom is 0.343 e. The quantitative estimate of drug-likeness (QED) is 0.385. The number of carbonyl (C=O) groups is 2. The number of rotatable bonds is 14. The van der Waals surface area contributed by atoms with Gasteiger partial charge in [0.2, 0.25) is 5.60 Å². The van der Waals surface area contributed by atoms with Crippen molar-refractivity contribution in [2.24, 2.45) is 0 Å². The zero-order valence-electron chi connectivity index (χ0n) is 17.2. The van der Waals surface area contributed by atoms with Crippen LogP contribution in [0.25, 0.3) is 0 Å². The van der Waals surface area contributed by atoms with Gasteiger partial charge in [0.15, 0.2) is 0 Å². The van der Waals surface area contributed by atoms with E-state index in [1.807, 2.05) is 0 Å². The Bertz CT molecular complexity index is 594. The SMILES string of the molecule is COC1C(C(=O)O)=C(CCCCCCCCCCO)C(C)=CC1(OC)C(=O)O. The van der Waals surface area contributed by atoms with E-state index in [4.69, 9.17) is 14.6 Å². The van der Waals surface area contributed by atoms with E-state index in [-0.39, 0.29) is 12.2 Å². The maximum absolute atomic E-state index is 11.9. The van der Waals surface area contributed by atoms with Crippen LogP contribution >= 0.6 is 0 Å². The molecule has 0 radical (unpaired) electrons. The minimum absolute atomic E-state index is 0.0317. The molecule has 0 aromatic carbocycles. The van der Waals surface area contributed by atoms with Gasteiger partial charge in [0.25, 0.3) is 0 Å². The molecule has 0 saturated carbocycles. The van der Waals surface area contributed by atoms with Gasteiger partial charge in [-0.05, 0) is 43.4 Å². The van der Waals surface area contributed by atoms with Crippen LogP contribution in [0.1, 0.15) is 64.7 Å². The van der Waals surface area contributed by atoms with E-state index >= 15 is 0 Å². The van der Waals surface area contributed by atoms with Crippen LogP contribution in [0.5, 0.6) is 0 Å². The summed E-state index contributed by atoms with van der Waals surface area (Å²) in [5, 5.41) is 28.2. The average Bonchev–Trinajstić information content (AvgIpc) is 2.66. The van der Waals surface area contributed by atoms with Gasteiger partial charge in [-0.15, -0.1) is 0 Å². The molecule has 0 bridgehead atoms. The molecule has 0 aromatic heterocycles. The average molecular weight is 398 g/mol. The highest BCUT2D eigenvalue weighted by molar-refractivity contribution is 5.95. The molecule has 0 amide bonds. The topological polar surface area (TPSA) is 113 Å². The lowest BCUT2D eigenvalue weighted by Crippen LogP contribution is -2.54. The molecule has 0 aromatic rings. The highest BCUT2D eigenvalue weighted by Crippen LogP contribution is 2.38. The number of carboxylic acid groups (broad SMARTS) is 2. The van der Waals surface area contributed by atoms with Crippen LogP contribution in [-0.4, -0.2) is 59.8 Å². The largest absolute Gasteiger partial charge is 0.479 e. The summed E-state index contributed by atoms with van der Waals surface area (Å²) in [5.41, 5.74) is -0.629. The van der Waals surface area contributed by atoms with Crippen LogP contribution in [0, 0.1) is 0 Å². The van der Waals surface area contributed by atoms with Gasteiger partial charge in [0.1, 0.15) is 6.10 Å². The van der Waals surface area contributed by atoms with Crippen molar-refractivity contribution in [3.8, 4) is 0 Å². The zero-order chi connectivity index (χ0) is 21.2. The van der Waals surface area contributed by atoms with Crippen molar-refractivity contribution in [3.63, 3.8) is 0 Å². The number of hydrogen-bond acceptors (Lipinski definition) is 5. The summed E-state index contributed by atoms with van der Waals surface area (Å²) in [6, 6.07) is 0. The molecule has 1 aliphatic rings. The molecule has 7 heteroatoms. The summed E-state index contributed by atoms with van der Waals surface area (Å²) in [7, 11) is 2.54. The predicted molar refractivity (Wildman–Crippen MR) is 105 cm³/mol. The standard InChI is InChI=1S/C21H34O7/c1-15-14-21(28-3,20(25)26)18(27-2)17(19(23)24)16(15)12-10-8-6-4-5-7-9-11-13-22/h14,18,22H,4-13H2,1-3H3,(H,23,24)(H,25,26). The van der Waals surface area contributed by atoms with Gasteiger partial charge in [-0.25, -0.2) is 9.59 Å². The molecule has 7 nitrogen and oxygen atoms in total. The van der Waals surface area contributed by atoms with Crippen molar-refractivity contribution < 1.29 is 34.4 Å². The smallest absolute Gasteiger partial charge is 0.343 e. The van der Waals surface area contributed by atoms with Crippen molar-refractivity contribution in [2.75, 3.05) is 20.8 Å². The predicted octanol–water partition coefficient (Wildman–Crippen LogP) is 3.32. The van der Waals surface area contributed by atoms with E-state index in [9.17, 15) is 19.8 Å². The Kier molecular flexibility index (Phi) is 10.4. The zero-order valence-corrected chi connectivity index (χ0v) is 17.2. The Hall–Kier alpha value is -1.70. The molecule has 1 rings (SSSR count). The van der Waals surface area contributed by atoms with Crippen LogP contribution in [0.15, 0.2) is 22.8 Å². The number of carboxylic acids is 2. The molecular weight excluding hydrogens is 364 g/mol. The third kappa shape index (κ3) is 5.90. The van der Waals surface area contributed by atoms with Crippen molar-refractivity contribution in [1.29, 1.82) is 0 Å². The monoisotopic (exact) mass is 398 g/mol. The van der Waals surface area contributed by atoms with Crippen LogP contribution in [-0.2, 0) is 19.1 Å². The first-order valence-corrected chi connectivity index (χ1v) is 9.94. The van der Waals surface area contributed by atoms with Gasteiger partial charge in [-0.3, -0.25) is 0 Å². The number of aliphatic carboxylic acids is 2. The van der Waals surface area contributed by atoms with E-state index in [0.29, 0.717) is 17.6 Å². The Morgan fingerprint density at radius 2 is 1.54 bits per heavy atom. The molecule has 160 valence electrons. The van der Waals surface area contributed by atoms with Crippen molar-refractivity contribution in [1.82, 2.24) is 0 Å². The lowest BCUT2D eigenvalue weighted by Gasteiger charge is -2.37. The lowest BCUT2D eigenvalue weighted by atomic mass is 9.77. The molecular formula is C21H34O7. The summed E-state index contributed by atoms with van der Waals surface area (Å²) in [4.78, 5) is 23.8. The summed E-state index contributed by atoms with van der Waals surface area (Å²) in [6.07, 6.45) is 9.00. The molecule has 0 aliphatic heterocycles. The maximum atomic E-state index is 11.9. The van der Waals surface area contributed by atoms with Gasteiger partial charge < -0.3 is 24.8 Å². The first-order valence-electron chi connectivity index (χ1n) is 9.94. The first kappa shape index (κ1) is 24.3. The Morgan fingerprint density at radius 1 is 1.00 bits per heavy atom. The normalized spacial score (nSPS) is 22.3. The third-order valence-electron chi connectivity index (χ3n) is 5.36. The van der Waals surface area contributed by atoms with Gasteiger partial charge in [-0.2, -0.15) is 0 Å². The molecule has 0 saturated heterocycles. The molecule has 2 unspecified atom stereocenters. The number of methoxy groups -OCH3 is 2. The van der Waals surface area contributed by atoms with Crippen LogP contribution in [0.4, 0.5) is 0 Å². The van der Waals surface area contributed by atoms with Crippen molar-refractivity contribution in [3.05, 3.63) is 22.8 Å². The fourth-order valence-electron chi connectivity index (χ4n) is 3.84. The Labute approximate surface area is 167 Å². The van der Waals surface area contributed by atoms with Crippen LogP contribution < -0.4 is 0 Å². The number of ether oxygens (including phenoxy) is 2. The lowest BCUT2D eigenvalue weighted by molar-refractivity contribution is -0.169. The van der Waals surface area contributed by atoms with E-state index in [1.165, 1.54) is 20.3 Å². The van der Waals surface area contributed by atoms with Gasteiger partial charge >= 0.3 is 11.9 Å². The van der Waals surface area contributed by atoms with Gasteiger partial charge in [0.05, 0.1) is 5.57 Å². The fraction of sp³-hybridized carbons (Fsp3) is 0.714. The van der Waals surface area contributed by atoms with E-state index in [2.05, 4.69) is 0 Å². The Balaban J connectivity index is 2.78. The number of unbranched alkanes of at least 4 members (excludes halogenated alkanes) is 7. The number of aliphatic hydroxyl groups excluding tert-OH is 1. The van der Waals surface area contributed by atoms with E-state index in [0.717, 1.165) is 51.4 Å².